The molecule has 14 heavy (non-hydrogen) atoms. The molecule has 73 valence electrons. The van der Waals surface area contributed by atoms with Crippen molar-refractivity contribution in [2.75, 3.05) is 11.1 Å². The quantitative estimate of drug-likeness (QED) is 0.670. The molecule has 0 fully saturated rings. The Morgan fingerprint density at radius 3 is 2.79 bits per heavy atom. The summed E-state index contributed by atoms with van der Waals surface area (Å²) in [5.41, 5.74) is 7.54. The number of benzene rings is 1. The molecule has 1 amide bonds. The van der Waals surface area contributed by atoms with Crippen molar-refractivity contribution in [2.24, 2.45) is 0 Å². The Kier molecular flexibility index (Phi) is 1.75. The topological polar surface area (TPSA) is 87.0 Å². The van der Waals surface area contributed by atoms with Crippen LogP contribution >= 0.6 is 0 Å². The van der Waals surface area contributed by atoms with Crippen LogP contribution in [0.15, 0.2) is 23.1 Å². The lowest BCUT2D eigenvalue weighted by atomic mass is 10.2. The largest absolute Gasteiger partial charge is 0.322 e. The fourth-order valence-corrected chi connectivity index (χ4v) is 2.68. The number of hydrogen-bond donors (Lipinski definition) is 1. The van der Waals surface area contributed by atoms with Crippen LogP contribution in [-0.2, 0) is 14.6 Å². The standard InChI is InChI=1S/C8H7N2O3S/c9-5-2-1-3-6-8(5)10-7(11)4-14(6,12)13/h1-3,9H,4H2,(H,10,11). The fourth-order valence-electron chi connectivity index (χ4n) is 1.35. The van der Waals surface area contributed by atoms with Crippen molar-refractivity contribution in [2.45, 2.75) is 4.90 Å². The van der Waals surface area contributed by atoms with Crippen molar-refractivity contribution in [3.05, 3.63) is 18.2 Å². The van der Waals surface area contributed by atoms with E-state index >= 15 is 0 Å². The van der Waals surface area contributed by atoms with Gasteiger partial charge < -0.3 is 5.32 Å². The fraction of sp³-hybridized carbons (Fsp3) is 0.125. The van der Waals surface area contributed by atoms with Crippen molar-refractivity contribution in [3.8, 4) is 0 Å². The molecule has 0 saturated heterocycles. The van der Waals surface area contributed by atoms with E-state index in [4.69, 9.17) is 5.73 Å². The molecule has 0 aliphatic carbocycles. The van der Waals surface area contributed by atoms with Crippen molar-refractivity contribution < 1.29 is 13.2 Å². The maximum Gasteiger partial charge on any atom is 0.240 e. The van der Waals surface area contributed by atoms with Crippen LogP contribution in [0.2, 0.25) is 0 Å². The zero-order valence-electron chi connectivity index (χ0n) is 7.07. The molecule has 0 unspecified atom stereocenters. The molecule has 2 N–H and O–H groups in total. The molecule has 1 heterocycles. The average molecular weight is 211 g/mol. The zero-order chi connectivity index (χ0) is 10.3. The molecule has 2 rings (SSSR count). The first-order chi connectivity index (χ1) is 6.50. The summed E-state index contributed by atoms with van der Waals surface area (Å²) >= 11 is 0. The number of hydrogen-bond acceptors (Lipinski definition) is 3. The van der Waals surface area contributed by atoms with Crippen LogP contribution in [-0.4, -0.2) is 20.1 Å². The molecule has 6 heteroatoms. The lowest BCUT2D eigenvalue weighted by molar-refractivity contribution is -0.114. The number of rotatable bonds is 0. The van der Waals surface area contributed by atoms with Crippen LogP contribution in [0.1, 0.15) is 0 Å². The molecule has 1 aliphatic heterocycles. The molecular weight excluding hydrogens is 204 g/mol. The second-order valence-corrected chi connectivity index (χ2v) is 4.94. The summed E-state index contributed by atoms with van der Waals surface area (Å²) in [6, 6.07) is 4.30. The Bertz CT molecular complexity index is 507. The third-order valence-electron chi connectivity index (χ3n) is 1.95. The van der Waals surface area contributed by atoms with Gasteiger partial charge in [-0.2, -0.15) is 0 Å². The van der Waals surface area contributed by atoms with E-state index in [0.717, 1.165) is 0 Å². The van der Waals surface area contributed by atoms with Gasteiger partial charge in [-0.3, -0.25) is 10.5 Å². The minimum Gasteiger partial charge on any atom is -0.322 e. The van der Waals surface area contributed by atoms with Crippen LogP contribution in [0.25, 0.3) is 0 Å². The van der Waals surface area contributed by atoms with E-state index in [1.54, 1.807) is 0 Å². The summed E-state index contributed by atoms with van der Waals surface area (Å²) < 4.78 is 23.0. The number of carbonyl (C=O) groups excluding carboxylic acids is 1. The minimum absolute atomic E-state index is 0.0131. The maximum atomic E-state index is 11.5. The lowest BCUT2D eigenvalue weighted by Crippen LogP contribution is -2.29. The molecule has 1 aromatic carbocycles. The second kappa shape index (κ2) is 2.71. The lowest BCUT2D eigenvalue weighted by Gasteiger charge is -2.17. The maximum absolute atomic E-state index is 11.5. The molecule has 0 aromatic heterocycles. The molecule has 1 aromatic rings. The van der Waals surface area contributed by atoms with Crippen molar-refractivity contribution in [1.82, 2.24) is 5.73 Å². The van der Waals surface area contributed by atoms with Gasteiger partial charge >= 0.3 is 0 Å². The highest BCUT2D eigenvalue weighted by Crippen LogP contribution is 2.32. The zero-order valence-corrected chi connectivity index (χ0v) is 7.89. The van der Waals surface area contributed by atoms with Crippen molar-refractivity contribution in [3.63, 3.8) is 0 Å². The van der Waals surface area contributed by atoms with E-state index in [-0.39, 0.29) is 16.3 Å². The van der Waals surface area contributed by atoms with E-state index in [1.807, 2.05) is 0 Å². The highest BCUT2D eigenvalue weighted by molar-refractivity contribution is 7.92. The summed E-state index contributed by atoms with van der Waals surface area (Å²) in [6.45, 7) is 0. The smallest absolute Gasteiger partial charge is 0.240 e. The van der Waals surface area contributed by atoms with Crippen LogP contribution < -0.4 is 11.1 Å². The predicted molar refractivity (Wildman–Crippen MR) is 49.9 cm³/mol. The van der Waals surface area contributed by atoms with Crippen molar-refractivity contribution >= 4 is 27.1 Å². The first kappa shape index (κ1) is 9.01. The van der Waals surface area contributed by atoms with Gasteiger partial charge in [0.05, 0.1) is 16.3 Å². The SMILES string of the molecule is [NH]c1cccc2c1NC(=O)CS2(=O)=O. The highest BCUT2D eigenvalue weighted by Gasteiger charge is 2.29. The number of nitrogens with one attached hydrogen (secondary N) is 2. The van der Waals surface area contributed by atoms with E-state index in [0.29, 0.717) is 0 Å². The van der Waals surface area contributed by atoms with Gasteiger partial charge in [-0.05, 0) is 12.1 Å². The van der Waals surface area contributed by atoms with E-state index in [2.05, 4.69) is 5.32 Å². The van der Waals surface area contributed by atoms with Crippen LogP contribution in [0, 0.1) is 0 Å². The molecular formula is C8H7N2O3S. The number of carbonyl (C=O) groups is 1. The minimum atomic E-state index is -3.55. The van der Waals surface area contributed by atoms with Gasteiger partial charge in [0.25, 0.3) is 0 Å². The number of amides is 1. The second-order valence-electron chi connectivity index (χ2n) is 2.99. The Morgan fingerprint density at radius 2 is 2.07 bits per heavy atom. The number of para-hydroxylation sites is 1. The van der Waals surface area contributed by atoms with Gasteiger partial charge in [-0.1, -0.05) is 6.07 Å². The summed E-state index contributed by atoms with van der Waals surface area (Å²) in [5.74, 6) is -1.12. The predicted octanol–water partition coefficient (Wildman–Crippen LogP) is 0.327. The van der Waals surface area contributed by atoms with Gasteiger partial charge in [0.1, 0.15) is 5.75 Å². The summed E-state index contributed by atoms with van der Waals surface area (Å²) in [5, 5.41) is 2.38. The third kappa shape index (κ3) is 1.24. The third-order valence-corrected chi connectivity index (χ3v) is 3.60. The monoisotopic (exact) mass is 211 g/mol. The number of fused-ring (bicyclic) bond motifs is 1. The molecule has 1 aliphatic rings. The van der Waals surface area contributed by atoms with Gasteiger partial charge in [0.2, 0.25) is 5.91 Å². The first-order valence-electron chi connectivity index (χ1n) is 3.88. The Hall–Kier alpha value is -1.56. The van der Waals surface area contributed by atoms with Crippen LogP contribution in [0.5, 0.6) is 0 Å². The van der Waals surface area contributed by atoms with E-state index < -0.39 is 21.5 Å². The molecule has 0 bridgehead atoms. The molecule has 0 atom stereocenters. The number of anilines is 1. The first-order valence-corrected chi connectivity index (χ1v) is 5.53. The van der Waals surface area contributed by atoms with Crippen molar-refractivity contribution in [1.29, 1.82) is 0 Å². The summed E-state index contributed by atoms with van der Waals surface area (Å²) in [4.78, 5) is 11.1. The van der Waals surface area contributed by atoms with Gasteiger partial charge in [-0.25, -0.2) is 8.42 Å². The summed E-state index contributed by atoms with van der Waals surface area (Å²) in [7, 11) is -3.55. The van der Waals surface area contributed by atoms with Crippen LogP contribution in [0.3, 0.4) is 0 Å². The Morgan fingerprint density at radius 1 is 1.36 bits per heavy atom. The van der Waals surface area contributed by atoms with E-state index in [9.17, 15) is 13.2 Å². The van der Waals surface area contributed by atoms with E-state index in [1.165, 1.54) is 18.2 Å². The molecule has 0 saturated carbocycles. The number of sulfone groups is 1. The highest BCUT2D eigenvalue weighted by atomic mass is 32.2. The van der Waals surface area contributed by atoms with Crippen LogP contribution in [0.4, 0.5) is 11.4 Å². The average Bonchev–Trinajstić information content (AvgIpc) is 2.05. The Balaban J connectivity index is 2.76. The molecule has 5 nitrogen and oxygen atoms in total. The normalized spacial score (nSPS) is 18.4. The molecule has 1 radical (unpaired) electrons. The summed E-state index contributed by atoms with van der Waals surface area (Å²) in [6.07, 6.45) is 0. The van der Waals surface area contributed by atoms with Gasteiger partial charge in [-0.15, -0.1) is 0 Å². The van der Waals surface area contributed by atoms with Gasteiger partial charge in [0, 0.05) is 0 Å². The van der Waals surface area contributed by atoms with Gasteiger partial charge in [0.15, 0.2) is 9.84 Å². The molecule has 0 spiro atoms. The Labute approximate surface area is 80.8 Å².